The standard InChI is InChI=1S/C18H19N3O3S3/c1-9(2)12-6-13-11(5-16(23)24-14(13)4-10(12)3)7-25-17-20-21-18(27-17)26-8-15(19)22/h4-6,9H,7-8H2,1-3H3,(H2,19,22). The van der Waals surface area contributed by atoms with Crippen LogP contribution in [0.5, 0.6) is 0 Å². The van der Waals surface area contributed by atoms with E-state index in [2.05, 4.69) is 30.1 Å². The van der Waals surface area contributed by atoms with Gasteiger partial charge in [-0.3, -0.25) is 4.79 Å². The predicted molar refractivity (Wildman–Crippen MR) is 111 cm³/mol. The molecule has 0 radical (unpaired) electrons. The Morgan fingerprint density at radius 3 is 2.59 bits per heavy atom. The highest BCUT2D eigenvalue weighted by Crippen LogP contribution is 2.33. The van der Waals surface area contributed by atoms with Gasteiger partial charge in [-0.2, -0.15) is 0 Å². The number of nitrogens with zero attached hydrogens (tertiary/aromatic N) is 2. The van der Waals surface area contributed by atoms with E-state index >= 15 is 0 Å². The lowest BCUT2D eigenvalue weighted by atomic mass is 9.95. The maximum Gasteiger partial charge on any atom is 0.336 e. The highest BCUT2D eigenvalue weighted by molar-refractivity contribution is 8.03. The number of carbonyl (C=O) groups excluding carboxylic acids is 1. The minimum absolute atomic E-state index is 0.182. The topological polar surface area (TPSA) is 99.1 Å². The molecule has 0 bridgehead atoms. The van der Waals surface area contributed by atoms with Gasteiger partial charge in [0.2, 0.25) is 5.91 Å². The molecule has 3 aromatic rings. The van der Waals surface area contributed by atoms with Crippen molar-refractivity contribution in [3.8, 4) is 0 Å². The molecule has 2 heterocycles. The van der Waals surface area contributed by atoms with E-state index in [-0.39, 0.29) is 17.3 Å². The van der Waals surface area contributed by atoms with Crippen LogP contribution in [0, 0.1) is 6.92 Å². The zero-order valence-corrected chi connectivity index (χ0v) is 17.6. The Morgan fingerprint density at radius 1 is 1.22 bits per heavy atom. The summed E-state index contributed by atoms with van der Waals surface area (Å²) < 4.78 is 6.87. The summed E-state index contributed by atoms with van der Waals surface area (Å²) in [7, 11) is 0. The smallest absolute Gasteiger partial charge is 0.336 e. The van der Waals surface area contributed by atoms with Crippen molar-refractivity contribution in [3.05, 3.63) is 45.3 Å². The van der Waals surface area contributed by atoms with Gasteiger partial charge < -0.3 is 10.2 Å². The lowest BCUT2D eigenvalue weighted by Crippen LogP contribution is -2.12. The minimum atomic E-state index is -0.386. The van der Waals surface area contributed by atoms with E-state index < -0.39 is 0 Å². The van der Waals surface area contributed by atoms with E-state index in [0.29, 0.717) is 21.6 Å². The third-order valence-corrected chi connectivity index (χ3v) is 7.18. The van der Waals surface area contributed by atoms with Crippen LogP contribution in [0.25, 0.3) is 11.0 Å². The molecule has 0 aliphatic carbocycles. The summed E-state index contributed by atoms with van der Waals surface area (Å²) in [5.74, 6) is 0.761. The Labute approximate surface area is 168 Å². The van der Waals surface area contributed by atoms with E-state index in [1.54, 1.807) is 6.07 Å². The van der Waals surface area contributed by atoms with Gasteiger partial charge in [-0.05, 0) is 41.7 Å². The molecule has 0 fully saturated rings. The minimum Gasteiger partial charge on any atom is -0.423 e. The highest BCUT2D eigenvalue weighted by Gasteiger charge is 2.13. The average Bonchev–Trinajstić information content (AvgIpc) is 3.04. The molecular weight excluding hydrogens is 402 g/mol. The lowest BCUT2D eigenvalue weighted by molar-refractivity contribution is -0.115. The second-order valence-electron chi connectivity index (χ2n) is 6.33. The first-order chi connectivity index (χ1) is 12.8. The third-order valence-electron chi connectivity index (χ3n) is 3.92. The van der Waals surface area contributed by atoms with E-state index in [0.717, 1.165) is 20.9 Å². The van der Waals surface area contributed by atoms with Crippen LogP contribution in [-0.4, -0.2) is 21.9 Å². The van der Waals surface area contributed by atoms with Gasteiger partial charge in [0.15, 0.2) is 8.68 Å². The molecule has 0 aliphatic heterocycles. The Balaban J connectivity index is 1.85. The number of aryl methyl sites for hydroxylation is 1. The molecule has 0 atom stereocenters. The van der Waals surface area contributed by atoms with Crippen molar-refractivity contribution >= 4 is 51.7 Å². The summed E-state index contributed by atoms with van der Waals surface area (Å²) in [5.41, 5.74) is 8.66. The molecule has 0 spiro atoms. The number of amides is 1. The number of aromatic nitrogens is 2. The van der Waals surface area contributed by atoms with Crippen LogP contribution in [0.2, 0.25) is 0 Å². The Bertz CT molecular complexity index is 1040. The summed E-state index contributed by atoms with van der Waals surface area (Å²) >= 11 is 4.19. The van der Waals surface area contributed by atoms with Crippen LogP contribution in [0.4, 0.5) is 0 Å². The molecule has 3 rings (SSSR count). The van der Waals surface area contributed by atoms with Crippen LogP contribution >= 0.6 is 34.9 Å². The maximum atomic E-state index is 12.0. The van der Waals surface area contributed by atoms with Gasteiger partial charge >= 0.3 is 5.63 Å². The SMILES string of the molecule is Cc1cc2oc(=O)cc(CSc3nnc(SCC(N)=O)s3)c2cc1C(C)C. The van der Waals surface area contributed by atoms with Gasteiger partial charge in [0.1, 0.15) is 5.58 Å². The summed E-state index contributed by atoms with van der Waals surface area (Å²) in [6.07, 6.45) is 0. The first-order valence-corrected chi connectivity index (χ1v) is 11.1. The van der Waals surface area contributed by atoms with Crippen LogP contribution in [0.15, 0.2) is 36.1 Å². The van der Waals surface area contributed by atoms with Crippen molar-refractivity contribution in [2.24, 2.45) is 5.73 Å². The van der Waals surface area contributed by atoms with Gasteiger partial charge in [0.05, 0.1) is 5.75 Å². The van der Waals surface area contributed by atoms with Crippen LogP contribution in [0.1, 0.15) is 36.5 Å². The molecule has 1 amide bonds. The first kappa shape index (κ1) is 19.9. The number of hydrogen-bond donors (Lipinski definition) is 1. The highest BCUT2D eigenvalue weighted by atomic mass is 32.2. The lowest BCUT2D eigenvalue weighted by Gasteiger charge is -2.12. The maximum absolute atomic E-state index is 12.0. The number of rotatable bonds is 7. The normalized spacial score (nSPS) is 11.4. The molecule has 0 saturated carbocycles. The van der Waals surface area contributed by atoms with E-state index in [1.807, 2.05) is 13.0 Å². The van der Waals surface area contributed by atoms with Crippen LogP contribution in [0.3, 0.4) is 0 Å². The third kappa shape index (κ3) is 4.91. The summed E-state index contributed by atoms with van der Waals surface area (Å²) in [4.78, 5) is 22.8. The molecule has 142 valence electrons. The van der Waals surface area contributed by atoms with Gasteiger partial charge in [0, 0.05) is 17.2 Å². The molecule has 9 heteroatoms. The molecule has 2 aromatic heterocycles. The number of benzene rings is 1. The quantitative estimate of drug-likeness (QED) is 0.455. The Morgan fingerprint density at radius 2 is 1.93 bits per heavy atom. The van der Waals surface area contributed by atoms with E-state index in [9.17, 15) is 9.59 Å². The second kappa shape index (κ2) is 8.45. The zero-order chi connectivity index (χ0) is 19.6. The molecule has 27 heavy (non-hydrogen) atoms. The molecule has 0 unspecified atom stereocenters. The number of carbonyl (C=O) groups is 1. The number of primary amides is 1. The molecule has 0 aliphatic rings. The Kier molecular flexibility index (Phi) is 6.23. The van der Waals surface area contributed by atoms with Gasteiger partial charge in [-0.25, -0.2) is 4.79 Å². The summed E-state index contributed by atoms with van der Waals surface area (Å²) in [6, 6.07) is 5.59. The molecular formula is C18H19N3O3S3. The van der Waals surface area contributed by atoms with Gasteiger partial charge in [0.25, 0.3) is 0 Å². The van der Waals surface area contributed by atoms with Crippen molar-refractivity contribution < 1.29 is 9.21 Å². The van der Waals surface area contributed by atoms with E-state index in [1.165, 1.54) is 40.4 Å². The average molecular weight is 422 g/mol. The number of thioether (sulfide) groups is 2. The van der Waals surface area contributed by atoms with Crippen molar-refractivity contribution in [1.29, 1.82) is 0 Å². The molecule has 0 saturated heterocycles. The fourth-order valence-electron chi connectivity index (χ4n) is 2.72. The van der Waals surface area contributed by atoms with Crippen molar-refractivity contribution in [2.75, 3.05) is 5.75 Å². The van der Waals surface area contributed by atoms with E-state index in [4.69, 9.17) is 10.2 Å². The van der Waals surface area contributed by atoms with Gasteiger partial charge in [-0.15, -0.1) is 10.2 Å². The number of hydrogen-bond acceptors (Lipinski definition) is 8. The molecule has 6 nitrogen and oxygen atoms in total. The Hall–Kier alpha value is -1.84. The molecule has 2 N–H and O–H groups in total. The van der Waals surface area contributed by atoms with Crippen LogP contribution in [-0.2, 0) is 10.5 Å². The zero-order valence-electron chi connectivity index (χ0n) is 15.1. The fourth-order valence-corrected chi connectivity index (χ4v) is 5.47. The van der Waals surface area contributed by atoms with Crippen molar-refractivity contribution in [2.45, 2.75) is 41.1 Å². The summed E-state index contributed by atoms with van der Waals surface area (Å²) in [6.45, 7) is 6.32. The van der Waals surface area contributed by atoms with Crippen molar-refractivity contribution in [1.82, 2.24) is 10.2 Å². The molecule has 1 aromatic carbocycles. The monoisotopic (exact) mass is 421 g/mol. The van der Waals surface area contributed by atoms with Gasteiger partial charge in [-0.1, -0.05) is 48.7 Å². The summed E-state index contributed by atoms with van der Waals surface area (Å²) in [5, 5.41) is 9.13. The van der Waals surface area contributed by atoms with Crippen molar-refractivity contribution in [3.63, 3.8) is 0 Å². The second-order valence-corrected chi connectivity index (χ2v) is 9.75. The number of nitrogens with two attached hydrogens (primary N) is 1. The largest absolute Gasteiger partial charge is 0.423 e. The predicted octanol–water partition coefficient (Wildman–Crippen LogP) is 3.95. The fraction of sp³-hybridized carbons (Fsp3) is 0.333. The van der Waals surface area contributed by atoms with Crippen LogP contribution < -0.4 is 11.4 Å². The first-order valence-electron chi connectivity index (χ1n) is 8.28. The number of fused-ring (bicyclic) bond motifs is 1.